The molecule has 2 rings (SSSR count). The molecule has 140 valence electrons. The third kappa shape index (κ3) is 6.30. The van der Waals surface area contributed by atoms with Gasteiger partial charge in [-0.15, -0.1) is 0 Å². The highest BCUT2D eigenvalue weighted by Crippen LogP contribution is 2.32. The predicted octanol–water partition coefficient (Wildman–Crippen LogP) is 4.95. The number of hydrogen-bond donors (Lipinski definition) is 1. The second-order valence-corrected chi connectivity index (χ2v) is 7.18. The Labute approximate surface area is 170 Å². The first-order valence-corrected chi connectivity index (χ1v) is 9.77. The van der Waals surface area contributed by atoms with Crippen molar-refractivity contribution in [3.05, 3.63) is 50.9 Å². The number of amides is 1. The fraction of sp³-hybridized carbons (Fsp3) is 0.316. The number of ether oxygens (including phenoxy) is 3. The summed E-state index contributed by atoms with van der Waals surface area (Å²) in [6.45, 7) is 5.31. The van der Waals surface area contributed by atoms with Crippen molar-refractivity contribution in [1.29, 1.82) is 0 Å². The van der Waals surface area contributed by atoms with Crippen LogP contribution in [0.3, 0.4) is 0 Å². The summed E-state index contributed by atoms with van der Waals surface area (Å²) in [5.74, 6) is 0.978. The van der Waals surface area contributed by atoms with Crippen LogP contribution in [-0.2, 0) is 9.53 Å². The van der Waals surface area contributed by atoms with Crippen molar-refractivity contribution in [2.24, 2.45) is 0 Å². The number of hydrogen-bond acceptors (Lipinski definition) is 4. The van der Waals surface area contributed by atoms with Crippen molar-refractivity contribution in [3.63, 3.8) is 0 Å². The molecule has 0 bridgehead atoms. The average Bonchev–Trinajstić information content (AvgIpc) is 2.59. The largest absolute Gasteiger partial charge is 0.489 e. The number of aryl methyl sites for hydroxylation is 1. The van der Waals surface area contributed by atoms with Gasteiger partial charge in [0.2, 0.25) is 0 Å². The maximum absolute atomic E-state index is 12.3. The molecule has 7 heteroatoms. The van der Waals surface area contributed by atoms with Crippen LogP contribution in [0.2, 0.25) is 0 Å². The standard InChI is InChI=1S/C19H21Br2NO4/c1-3-24-8-9-25-17-7-5-4-6-16(17)22-18(23)12-26-19-13(2)10-14(20)11-15(19)21/h4-7,10-11H,3,8-9,12H2,1-2H3,(H,22,23). The SMILES string of the molecule is CCOCCOc1ccccc1NC(=O)COc1c(C)cc(Br)cc1Br. The lowest BCUT2D eigenvalue weighted by Crippen LogP contribution is -2.21. The monoisotopic (exact) mass is 485 g/mol. The summed E-state index contributed by atoms with van der Waals surface area (Å²) in [6.07, 6.45) is 0. The molecule has 2 aromatic rings. The Hall–Kier alpha value is -1.57. The molecule has 0 saturated heterocycles. The van der Waals surface area contributed by atoms with E-state index in [4.69, 9.17) is 14.2 Å². The zero-order chi connectivity index (χ0) is 18.9. The molecule has 0 aliphatic heterocycles. The molecule has 26 heavy (non-hydrogen) atoms. The predicted molar refractivity (Wildman–Crippen MR) is 109 cm³/mol. The highest BCUT2D eigenvalue weighted by atomic mass is 79.9. The minimum absolute atomic E-state index is 0.103. The molecule has 5 nitrogen and oxygen atoms in total. The number of para-hydroxylation sites is 2. The molecule has 0 unspecified atom stereocenters. The molecule has 0 atom stereocenters. The van der Waals surface area contributed by atoms with Crippen molar-refractivity contribution < 1.29 is 19.0 Å². The van der Waals surface area contributed by atoms with Gasteiger partial charge in [-0.25, -0.2) is 0 Å². The summed E-state index contributed by atoms with van der Waals surface area (Å²) in [5.41, 5.74) is 1.53. The number of benzene rings is 2. The topological polar surface area (TPSA) is 56.8 Å². The molecule has 0 spiro atoms. The van der Waals surface area contributed by atoms with Gasteiger partial charge in [-0.3, -0.25) is 4.79 Å². The molecular formula is C19H21Br2NO4. The third-order valence-corrected chi connectivity index (χ3v) is 4.44. The molecule has 1 amide bonds. The fourth-order valence-electron chi connectivity index (χ4n) is 2.25. The van der Waals surface area contributed by atoms with Gasteiger partial charge < -0.3 is 19.5 Å². The molecule has 1 N–H and O–H groups in total. The minimum Gasteiger partial charge on any atom is -0.489 e. The van der Waals surface area contributed by atoms with Crippen molar-refractivity contribution in [2.45, 2.75) is 13.8 Å². The van der Waals surface area contributed by atoms with E-state index in [2.05, 4.69) is 37.2 Å². The number of carbonyl (C=O) groups excluding carboxylic acids is 1. The van der Waals surface area contributed by atoms with E-state index in [0.29, 0.717) is 37.0 Å². The van der Waals surface area contributed by atoms with E-state index in [9.17, 15) is 4.79 Å². The first kappa shape index (κ1) is 20.7. The first-order valence-electron chi connectivity index (χ1n) is 8.19. The van der Waals surface area contributed by atoms with Gasteiger partial charge in [-0.1, -0.05) is 28.1 Å². The molecule has 0 saturated carbocycles. The van der Waals surface area contributed by atoms with E-state index in [1.54, 1.807) is 12.1 Å². The van der Waals surface area contributed by atoms with Crippen molar-refractivity contribution >= 4 is 43.5 Å². The molecule has 0 fully saturated rings. The fourth-order valence-corrected chi connectivity index (χ4v) is 3.80. The van der Waals surface area contributed by atoms with Gasteiger partial charge in [0.05, 0.1) is 16.8 Å². The van der Waals surface area contributed by atoms with E-state index in [1.165, 1.54) is 0 Å². The van der Waals surface area contributed by atoms with Gasteiger partial charge in [0.15, 0.2) is 6.61 Å². The molecule has 0 aliphatic rings. The van der Waals surface area contributed by atoms with Crippen LogP contribution in [-0.4, -0.2) is 32.3 Å². The van der Waals surface area contributed by atoms with Crippen LogP contribution < -0.4 is 14.8 Å². The zero-order valence-corrected chi connectivity index (χ0v) is 17.9. The van der Waals surface area contributed by atoms with Crippen LogP contribution in [0.4, 0.5) is 5.69 Å². The van der Waals surface area contributed by atoms with Gasteiger partial charge in [-0.2, -0.15) is 0 Å². The lowest BCUT2D eigenvalue weighted by atomic mass is 10.2. The smallest absolute Gasteiger partial charge is 0.262 e. The van der Waals surface area contributed by atoms with Gasteiger partial charge >= 0.3 is 0 Å². The van der Waals surface area contributed by atoms with Gasteiger partial charge in [0.25, 0.3) is 5.91 Å². The van der Waals surface area contributed by atoms with Gasteiger partial charge in [-0.05, 0) is 59.6 Å². The van der Waals surface area contributed by atoms with Gasteiger partial charge in [0.1, 0.15) is 18.1 Å². The summed E-state index contributed by atoms with van der Waals surface area (Å²) in [6, 6.07) is 11.1. The van der Waals surface area contributed by atoms with E-state index in [0.717, 1.165) is 14.5 Å². The quantitative estimate of drug-likeness (QED) is 0.509. The maximum Gasteiger partial charge on any atom is 0.262 e. The highest BCUT2D eigenvalue weighted by molar-refractivity contribution is 9.11. The van der Waals surface area contributed by atoms with E-state index < -0.39 is 0 Å². The van der Waals surface area contributed by atoms with E-state index in [-0.39, 0.29) is 12.5 Å². The maximum atomic E-state index is 12.3. The van der Waals surface area contributed by atoms with Gasteiger partial charge in [0, 0.05) is 11.1 Å². The third-order valence-electron chi connectivity index (χ3n) is 3.39. The van der Waals surface area contributed by atoms with Crippen molar-refractivity contribution in [2.75, 3.05) is 31.7 Å². The molecule has 0 heterocycles. The summed E-state index contributed by atoms with van der Waals surface area (Å²) >= 11 is 6.87. The average molecular weight is 487 g/mol. The summed E-state index contributed by atoms with van der Waals surface area (Å²) in [5, 5.41) is 2.82. The number of halogens is 2. The summed E-state index contributed by atoms with van der Waals surface area (Å²) < 4.78 is 18.3. The van der Waals surface area contributed by atoms with E-state index >= 15 is 0 Å². The number of anilines is 1. The number of carbonyl (C=O) groups is 1. The molecular weight excluding hydrogens is 466 g/mol. The van der Waals surface area contributed by atoms with Crippen LogP contribution in [0.1, 0.15) is 12.5 Å². The van der Waals surface area contributed by atoms with Crippen LogP contribution in [0.25, 0.3) is 0 Å². The Balaban J connectivity index is 1.94. The first-order chi connectivity index (χ1) is 12.5. The second kappa shape index (κ2) is 10.5. The second-order valence-electron chi connectivity index (χ2n) is 5.41. The normalized spacial score (nSPS) is 10.5. The number of rotatable bonds is 9. The Morgan fingerprint density at radius 1 is 1.12 bits per heavy atom. The lowest BCUT2D eigenvalue weighted by Gasteiger charge is -2.14. The van der Waals surface area contributed by atoms with Crippen LogP contribution in [0.5, 0.6) is 11.5 Å². The lowest BCUT2D eigenvalue weighted by molar-refractivity contribution is -0.118. The van der Waals surface area contributed by atoms with Crippen molar-refractivity contribution in [1.82, 2.24) is 0 Å². The Kier molecular flexibility index (Phi) is 8.41. The van der Waals surface area contributed by atoms with Crippen molar-refractivity contribution in [3.8, 4) is 11.5 Å². The zero-order valence-electron chi connectivity index (χ0n) is 14.7. The Bertz CT molecular complexity index is 729. The molecule has 0 aromatic heterocycles. The summed E-state index contributed by atoms with van der Waals surface area (Å²) in [4.78, 5) is 12.3. The Morgan fingerprint density at radius 3 is 2.62 bits per heavy atom. The Morgan fingerprint density at radius 2 is 1.88 bits per heavy atom. The molecule has 0 aliphatic carbocycles. The molecule has 0 radical (unpaired) electrons. The molecule has 2 aromatic carbocycles. The van der Waals surface area contributed by atoms with E-state index in [1.807, 2.05) is 38.1 Å². The van der Waals surface area contributed by atoms with Crippen LogP contribution >= 0.6 is 31.9 Å². The van der Waals surface area contributed by atoms with Crippen LogP contribution in [0, 0.1) is 6.92 Å². The number of nitrogens with one attached hydrogen (secondary N) is 1. The summed E-state index contributed by atoms with van der Waals surface area (Å²) in [7, 11) is 0. The van der Waals surface area contributed by atoms with Crippen LogP contribution in [0.15, 0.2) is 45.3 Å². The highest BCUT2D eigenvalue weighted by Gasteiger charge is 2.12. The minimum atomic E-state index is -0.264.